The summed E-state index contributed by atoms with van der Waals surface area (Å²) in [5.74, 6) is -0.332. The third-order valence-electron chi connectivity index (χ3n) is 3.84. The van der Waals surface area contributed by atoms with Gasteiger partial charge in [0.1, 0.15) is 0 Å². The van der Waals surface area contributed by atoms with Gasteiger partial charge in [0.2, 0.25) is 5.78 Å². The van der Waals surface area contributed by atoms with Gasteiger partial charge in [-0.3, -0.25) is 9.59 Å². The molecule has 0 aliphatic rings. The first-order chi connectivity index (χ1) is 12.0. The zero-order valence-corrected chi connectivity index (χ0v) is 17.3. The van der Waals surface area contributed by atoms with Crippen LogP contribution in [0.2, 0.25) is 0 Å². The third-order valence-corrected chi connectivity index (χ3v) is 4.90. The Morgan fingerprint density at radius 3 is 1.72 bits per heavy atom. The highest BCUT2D eigenvalue weighted by molar-refractivity contribution is 9.10. The lowest BCUT2D eigenvalue weighted by Gasteiger charge is -2.23. The van der Waals surface area contributed by atoms with Gasteiger partial charge < -0.3 is 4.90 Å². The summed E-state index contributed by atoms with van der Waals surface area (Å²) in [6, 6.07) is 14.3. The number of Topliss-reactive ketones (excluding diaryl/α,β-unsaturated/α-hetero) is 1. The molecule has 0 aliphatic carbocycles. The van der Waals surface area contributed by atoms with Crippen molar-refractivity contribution in [3.63, 3.8) is 0 Å². The molecule has 0 amide bonds. The highest BCUT2D eigenvalue weighted by Gasteiger charge is 2.19. The maximum absolute atomic E-state index is 13.0. The quantitative estimate of drug-likeness (QED) is 0.400. The molecule has 0 unspecified atom stereocenters. The third kappa shape index (κ3) is 5.13. The monoisotopic (exact) mass is 463 g/mol. The number of nitrogens with zero attached hydrogens (tertiary/aromatic N) is 1. The van der Waals surface area contributed by atoms with Gasteiger partial charge in [0, 0.05) is 39.2 Å². The lowest BCUT2D eigenvalue weighted by Crippen LogP contribution is -2.28. The first-order valence-electron chi connectivity index (χ1n) is 8.03. The van der Waals surface area contributed by atoms with Crippen LogP contribution in [0.3, 0.4) is 0 Å². The van der Waals surface area contributed by atoms with Crippen molar-refractivity contribution in [1.82, 2.24) is 4.90 Å². The van der Waals surface area contributed by atoms with Crippen LogP contribution in [0.15, 0.2) is 69.2 Å². The summed E-state index contributed by atoms with van der Waals surface area (Å²) in [7, 11) is 0. The molecule has 25 heavy (non-hydrogen) atoms. The molecule has 0 atom stereocenters. The summed E-state index contributed by atoms with van der Waals surface area (Å²) >= 11 is 6.73. The van der Waals surface area contributed by atoms with Crippen LogP contribution < -0.4 is 0 Å². The second kappa shape index (κ2) is 9.11. The fourth-order valence-corrected chi connectivity index (χ4v) is 2.96. The van der Waals surface area contributed by atoms with Crippen molar-refractivity contribution in [1.29, 1.82) is 0 Å². The molecule has 0 fully saturated rings. The average Bonchev–Trinajstić information content (AvgIpc) is 2.62. The molecule has 2 aromatic carbocycles. The van der Waals surface area contributed by atoms with Gasteiger partial charge in [0.15, 0.2) is 5.78 Å². The van der Waals surface area contributed by atoms with Crippen LogP contribution in [0.5, 0.6) is 0 Å². The van der Waals surface area contributed by atoms with Gasteiger partial charge in [0.25, 0.3) is 0 Å². The second-order valence-electron chi connectivity index (χ2n) is 5.41. The maximum atomic E-state index is 13.0. The van der Waals surface area contributed by atoms with E-state index in [1.165, 1.54) is 6.08 Å². The van der Waals surface area contributed by atoms with E-state index in [-0.39, 0.29) is 11.6 Å². The maximum Gasteiger partial charge on any atom is 0.209 e. The minimum atomic E-state index is -0.181. The summed E-state index contributed by atoms with van der Waals surface area (Å²) in [6.07, 6.45) is 1.45. The first kappa shape index (κ1) is 19.6. The zero-order chi connectivity index (χ0) is 18.4. The van der Waals surface area contributed by atoms with Crippen LogP contribution in [0.4, 0.5) is 0 Å². The molecule has 0 bridgehead atoms. The number of benzene rings is 2. The Kier molecular flexibility index (Phi) is 7.14. The predicted molar refractivity (Wildman–Crippen MR) is 108 cm³/mol. The summed E-state index contributed by atoms with van der Waals surface area (Å²) < 4.78 is 1.81. The van der Waals surface area contributed by atoms with Gasteiger partial charge >= 0.3 is 0 Å². The summed E-state index contributed by atoms with van der Waals surface area (Å²) in [5, 5.41) is 0. The Labute approximate surface area is 165 Å². The Balaban J connectivity index is 2.41. The molecular formula is C20H19Br2NO2. The molecule has 2 aromatic rings. The second-order valence-corrected chi connectivity index (χ2v) is 7.24. The molecule has 0 spiro atoms. The number of halogens is 2. The number of hydrogen-bond donors (Lipinski definition) is 0. The molecule has 0 radical (unpaired) electrons. The summed E-state index contributed by atoms with van der Waals surface area (Å²) in [6.45, 7) is 5.24. The van der Waals surface area contributed by atoms with E-state index in [4.69, 9.17) is 0 Å². The molecule has 130 valence electrons. The van der Waals surface area contributed by atoms with Crippen molar-refractivity contribution < 1.29 is 9.59 Å². The summed E-state index contributed by atoms with van der Waals surface area (Å²) in [5.41, 5.74) is 1.53. The molecule has 0 saturated heterocycles. The fourth-order valence-electron chi connectivity index (χ4n) is 2.44. The highest BCUT2D eigenvalue weighted by atomic mass is 79.9. The van der Waals surface area contributed by atoms with Crippen LogP contribution in [0.1, 0.15) is 34.6 Å². The molecule has 3 nitrogen and oxygen atoms in total. The standard InChI is InChI=1S/C20H19Br2NO2/c1-3-23(4-2)18(20(25)15-7-11-17(22)12-8-15)13-19(24)14-5-9-16(21)10-6-14/h5-13H,3-4H2,1-2H3/b18-13-. The molecule has 0 N–H and O–H groups in total. The van der Waals surface area contributed by atoms with Crippen molar-refractivity contribution in [2.45, 2.75) is 13.8 Å². The topological polar surface area (TPSA) is 37.4 Å². The number of hydrogen-bond acceptors (Lipinski definition) is 3. The Morgan fingerprint density at radius 2 is 1.28 bits per heavy atom. The van der Waals surface area contributed by atoms with Crippen molar-refractivity contribution in [3.8, 4) is 0 Å². The van der Waals surface area contributed by atoms with E-state index in [0.29, 0.717) is 29.9 Å². The Hall–Kier alpha value is -1.72. The van der Waals surface area contributed by atoms with E-state index in [9.17, 15) is 9.59 Å². The van der Waals surface area contributed by atoms with E-state index < -0.39 is 0 Å². The van der Waals surface area contributed by atoms with Gasteiger partial charge in [-0.05, 0) is 62.4 Å². The normalized spacial score (nSPS) is 11.3. The van der Waals surface area contributed by atoms with Crippen LogP contribution in [0, 0.1) is 0 Å². The van der Waals surface area contributed by atoms with Crippen LogP contribution in [-0.4, -0.2) is 29.6 Å². The molecule has 0 saturated carbocycles. The van der Waals surface area contributed by atoms with Gasteiger partial charge in [-0.25, -0.2) is 0 Å². The minimum absolute atomic E-state index is 0.151. The fraction of sp³-hybridized carbons (Fsp3) is 0.200. The van der Waals surface area contributed by atoms with Gasteiger partial charge in [0.05, 0.1) is 5.70 Å². The molecule has 0 aromatic heterocycles. The molecular weight excluding hydrogens is 446 g/mol. The van der Waals surface area contributed by atoms with E-state index >= 15 is 0 Å². The van der Waals surface area contributed by atoms with E-state index in [1.807, 2.05) is 43.0 Å². The number of carbonyl (C=O) groups excluding carboxylic acids is 2. The van der Waals surface area contributed by atoms with Crippen LogP contribution in [-0.2, 0) is 0 Å². The van der Waals surface area contributed by atoms with E-state index in [1.54, 1.807) is 24.3 Å². The largest absolute Gasteiger partial charge is 0.369 e. The van der Waals surface area contributed by atoms with E-state index in [0.717, 1.165) is 8.95 Å². The van der Waals surface area contributed by atoms with Crippen molar-refractivity contribution >= 4 is 43.4 Å². The Morgan fingerprint density at radius 1 is 0.840 bits per heavy atom. The molecule has 0 aliphatic heterocycles. The highest BCUT2D eigenvalue weighted by Crippen LogP contribution is 2.18. The van der Waals surface area contributed by atoms with Gasteiger partial charge in [-0.2, -0.15) is 0 Å². The average molecular weight is 465 g/mol. The van der Waals surface area contributed by atoms with E-state index in [2.05, 4.69) is 31.9 Å². The van der Waals surface area contributed by atoms with Gasteiger partial charge in [-0.1, -0.05) is 31.9 Å². The molecule has 2 rings (SSSR count). The Bertz CT molecular complexity index is 776. The smallest absolute Gasteiger partial charge is 0.209 e. The number of rotatable bonds is 7. The minimum Gasteiger partial charge on any atom is -0.369 e. The lowest BCUT2D eigenvalue weighted by molar-refractivity contribution is 0.0975. The first-order valence-corrected chi connectivity index (χ1v) is 9.61. The number of ketones is 2. The molecule has 5 heteroatoms. The zero-order valence-electron chi connectivity index (χ0n) is 14.1. The molecule has 0 heterocycles. The van der Waals surface area contributed by atoms with Crippen LogP contribution >= 0.6 is 31.9 Å². The SMILES string of the molecule is CCN(CC)/C(=C\C(=O)c1ccc(Br)cc1)C(=O)c1ccc(Br)cc1. The predicted octanol–water partition coefficient (Wildman–Crippen LogP) is 5.50. The van der Waals surface area contributed by atoms with Gasteiger partial charge in [-0.15, -0.1) is 0 Å². The van der Waals surface area contributed by atoms with Crippen molar-refractivity contribution in [2.24, 2.45) is 0 Å². The van der Waals surface area contributed by atoms with Crippen molar-refractivity contribution in [3.05, 3.63) is 80.4 Å². The number of allylic oxidation sites excluding steroid dienone is 2. The van der Waals surface area contributed by atoms with Crippen molar-refractivity contribution in [2.75, 3.05) is 13.1 Å². The van der Waals surface area contributed by atoms with Crippen LogP contribution in [0.25, 0.3) is 0 Å². The summed E-state index contributed by atoms with van der Waals surface area (Å²) in [4.78, 5) is 27.5. The number of carbonyl (C=O) groups is 2. The lowest BCUT2D eigenvalue weighted by atomic mass is 10.0. The number of likely N-dealkylation sites (N-methyl/N-ethyl adjacent to an activating group) is 1.